The van der Waals surface area contributed by atoms with Gasteiger partial charge in [-0.15, -0.1) is 0 Å². The van der Waals surface area contributed by atoms with E-state index >= 15 is 0 Å². The summed E-state index contributed by atoms with van der Waals surface area (Å²) >= 11 is 0. The van der Waals surface area contributed by atoms with Crippen LogP contribution in [0, 0.1) is 10.1 Å². The number of nitro benzene ring substituents is 1. The maximum Gasteiger partial charge on any atom is 0.270 e. The molecule has 2 aromatic carbocycles. The van der Waals surface area contributed by atoms with Crippen LogP contribution in [0.1, 0.15) is 37.5 Å². The Labute approximate surface area is 164 Å². The van der Waals surface area contributed by atoms with E-state index < -0.39 is 5.72 Å². The van der Waals surface area contributed by atoms with Crippen LogP contribution < -0.4 is 9.64 Å². The van der Waals surface area contributed by atoms with Gasteiger partial charge in [0.2, 0.25) is 5.72 Å². The van der Waals surface area contributed by atoms with E-state index in [-0.39, 0.29) is 22.6 Å². The van der Waals surface area contributed by atoms with Crippen molar-refractivity contribution in [2.45, 2.75) is 38.5 Å². The second-order valence-electron chi connectivity index (χ2n) is 7.75. The van der Waals surface area contributed by atoms with Crippen molar-refractivity contribution in [3.05, 3.63) is 69.3 Å². The van der Waals surface area contributed by atoms with Crippen molar-refractivity contribution in [2.75, 3.05) is 18.6 Å². The van der Waals surface area contributed by atoms with Gasteiger partial charge in [-0.25, -0.2) is 0 Å². The van der Waals surface area contributed by atoms with Crippen LogP contribution in [0.4, 0.5) is 11.4 Å². The molecule has 0 saturated heterocycles. The van der Waals surface area contributed by atoms with Crippen LogP contribution in [0.15, 0.2) is 42.5 Å². The third kappa shape index (κ3) is 2.44. The van der Waals surface area contributed by atoms with Crippen molar-refractivity contribution in [1.29, 1.82) is 0 Å². The highest BCUT2D eigenvalue weighted by atomic mass is 16.6. The molecular formula is C22H24N2O4. The third-order valence-corrected chi connectivity index (χ3v) is 5.93. The van der Waals surface area contributed by atoms with E-state index in [1.807, 2.05) is 38.3 Å². The van der Waals surface area contributed by atoms with E-state index in [4.69, 9.17) is 9.47 Å². The molecule has 28 heavy (non-hydrogen) atoms. The molecule has 1 atom stereocenters. The SMILES string of the molecule is CCOCc1cc([N+](=O)[O-])cc2c1OC1(C=C2)N(C)c2ccccc2C1(C)C. The molecule has 0 bridgehead atoms. The minimum absolute atomic E-state index is 0.0416. The zero-order valence-corrected chi connectivity index (χ0v) is 16.6. The lowest BCUT2D eigenvalue weighted by atomic mass is 9.76. The number of fused-ring (bicyclic) bond motifs is 2. The van der Waals surface area contributed by atoms with Crippen molar-refractivity contribution >= 4 is 17.5 Å². The monoisotopic (exact) mass is 380 g/mol. The van der Waals surface area contributed by atoms with Gasteiger partial charge in [0.25, 0.3) is 5.69 Å². The molecule has 0 saturated carbocycles. The lowest BCUT2D eigenvalue weighted by Crippen LogP contribution is -2.58. The summed E-state index contributed by atoms with van der Waals surface area (Å²) in [5, 5.41) is 11.4. The van der Waals surface area contributed by atoms with Gasteiger partial charge in [0.05, 0.1) is 16.9 Å². The van der Waals surface area contributed by atoms with Crippen molar-refractivity contribution in [2.24, 2.45) is 0 Å². The number of ether oxygens (including phenoxy) is 2. The second-order valence-corrected chi connectivity index (χ2v) is 7.75. The first-order valence-electron chi connectivity index (χ1n) is 9.42. The maximum atomic E-state index is 11.4. The minimum atomic E-state index is -0.721. The Balaban J connectivity index is 1.86. The first kappa shape index (κ1) is 18.5. The van der Waals surface area contributed by atoms with E-state index in [1.165, 1.54) is 5.56 Å². The van der Waals surface area contributed by atoms with E-state index in [1.54, 1.807) is 12.1 Å². The first-order chi connectivity index (χ1) is 13.3. The third-order valence-electron chi connectivity index (χ3n) is 5.93. The molecule has 0 N–H and O–H groups in total. The summed E-state index contributed by atoms with van der Waals surface area (Å²) in [6.07, 6.45) is 3.95. The molecule has 2 aliphatic heterocycles. The van der Waals surface area contributed by atoms with Crippen LogP contribution in [0.2, 0.25) is 0 Å². The lowest BCUT2D eigenvalue weighted by molar-refractivity contribution is -0.385. The largest absolute Gasteiger partial charge is 0.462 e. The number of nitrogens with zero attached hydrogens (tertiary/aromatic N) is 2. The van der Waals surface area contributed by atoms with Gasteiger partial charge in [-0.2, -0.15) is 0 Å². The Morgan fingerprint density at radius 2 is 2.00 bits per heavy atom. The molecular weight excluding hydrogens is 356 g/mol. The summed E-state index contributed by atoms with van der Waals surface area (Å²) in [6.45, 7) is 7.02. The molecule has 1 spiro atoms. The minimum Gasteiger partial charge on any atom is -0.462 e. The molecule has 0 aliphatic carbocycles. The quantitative estimate of drug-likeness (QED) is 0.570. The normalized spacial score (nSPS) is 21.4. The molecule has 0 radical (unpaired) electrons. The van der Waals surface area contributed by atoms with Crippen molar-refractivity contribution < 1.29 is 14.4 Å². The number of hydrogen-bond acceptors (Lipinski definition) is 5. The van der Waals surface area contributed by atoms with Gasteiger partial charge >= 0.3 is 0 Å². The van der Waals surface area contributed by atoms with E-state index in [0.29, 0.717) is 23.5 Å². The number of anilines is 1. The highest BCUT2D eigenvalue weighted by Gasteiger charge is 2.57. The lowest BCUT2D eigenvalue weighted by Gasteiger charge is -2.46. The van der Waals surface area contributed by atoms with Gasteiger partial charge in [-0.1, -0.05) is 18.2 Å². The number of rotatable bonds is 4. The number of benzene rings is 2. The molecule has 0 fully saturated rings. The van der Waals surface area contributed by atoms with Crippen LogP contribution in [0.5, 0.6) is 5.75 Å². The zero-order chi connectivity index (χ0) is 20.1. The van der Waals surface area contributed by atoms with Gasteiger partial charge < -0.3 is 14.4 Å². The molecule has 0 aromatic heterocycles. The summed E-state index contributed by atoms with van der Waals surface area (Å²) in [7, 11) is 2.02. The Morgan fingerprint density at radius 3 is 2.68 bits per heavy atom. The average molecular weight is 380 g/mol. The molecule has 6 heteroatoms. The fourth-order valence-electron chi connectivity index (χ4n) is 4.36. The molecule has 4 rings (SSSR count). The van der Waals surface area contributed by atoms with E-state index in [9.17, 15) is 10.1 Å². The number of likely N-dealkylation sites (N-methyl/N-ethyl adjacent to an activating group) is 1. The highest BCUT2D eigenvalue weighted by Crippen LogP contribution is 2.54. The van der Waals surface area contributed by atoms with Crippen LogP contribution in [0.3, 0.4) is 0 Å². The molecule has 146 valence electrons. The molecule has 2 aliphatic rings. The van der Waals surface area contributed by atoms with Gasteiger partial charge in [0.1, 0.15) is 5.75 Å². The molecule has 1 unspecified atom stereocenters. The van der Waals surface area contributed by atoms with E-state index in [0.717, 1.165) is 5.69 Å². The summed E-state index contributed by atoms with van der Waals surface area (Å²) in [5.74, 6) is 0.647. The van der Waals surface area contributed by atoms with Gasteiger partial charge in [-0.05, 0) is 44.6 Å². The molecule has 0 amide bonds. The van der Waals surface area contributed by atoms with Gasteiger partial charge in [0.15, 0.2) is 0 Å². The predicted molar refractivity (Wildman–Crippen MR) is 109 cm³/mol. The van der Waals surface area contributed by atoms with Crippen LogP contribution in [-0.4, -0.2) is 24.3 Å². The Bertz CT molecular complexity index is 982. The number of non-ortho nitro benzene ring substituents is 1. The Kier molecular flexibility index (Phi) is 4.19. The Morgan fingerprint density at radius 1 is 1.25 bits per heavy atom. The molecule has 6 nitrogen and oxygen atoms in total. The van der Waals surface area contributed by atoms with Gasteiger partial charge in [0, 0.05) is 42.6 Å². The number of nitro groups is 1. The van der Waals surface area contributed by atoms with Crippen LogP contribution in [0.25, 0.3) is 6.08 Å². The Hall–Kier alpha value is -2.86. The number of para-hydroxylation sites is 1. The highest BCUT2D eigenvalue weighted by molar-refractivity contribution is 5.73. The maximum absolute atomic E-state index is 11.4. The van der Waals surface area contributed by atoms with Crippen molar-refractivity contribution in [3.63, 3.8) is 0 Å². The summed E-state index contributed by atoms with van der Waals surface area (Å²) in [5.41, 5.74) is 2.72. The van der Waals surface area contributed by atoms with Crippen molar-refractivity contribution in [1.82, 2.24) is 0 Å². The van der Waals surface area contributed by atoms with Crippen LogP contribution in [-0.2, 0) is 16.8 Å². The molecule has 2 aromatic rings. The predicted octanol–water partition coefficient (Wildman–Crippen LogP) is 4.66. The average Bonchev–Trinajstić information content (AvgIpc) is 2.85. The fourth-order valence-corrected chi connectivity index (χ4v) is 4.36. The van der Waals surface area contributed by atoms with Gasteiger partial charge in [-0.3, -0.25) is 10.1 Å². The standard InChI is InChI=1S/C22H24N2O4/c1-5-27-14-16-13-17(24(25)26)12-15-10-11-22(28-20(15)16)21(2,3)18-8-6-7-9-19(18)23(22)4/h6-13H,5,14H2,1-4H3. The first-order valence-corrected chi connectivity index (χ1v) is 9.42. The zero-order valence-electron chi connectivity index (χ0n) is 16.6. The molecule has 2 heterocycles. The summed E-state index contributed by atoms with van der Waals surface area (Å²) in [4.78, 5) is 13.1. The summed E-state index contributed by atoms with van der Waals surface area (Å²) in [6, 6.07) is 11.4. The van der Waals surface area contributed by atoms with Crippen LogP contribution >= 0.6 is 0 Å². The number of hydrogen-bond donors (Lipinski definition) is 0. The smallest absolute Gasteiger partial charge is 0.270 e. The topological polar surface area (TPSA) is 64.8 Å². The van der Waals surface area contributed by atoms with Crippen molar-refractivity contribution in [3.8, 4) is 5.75 Å². The van der Waals surface area contributed by atoms with E-state index in [2.05, 4.69) is 30.9 Å². The fraction of sp³-hybridized carbons (Fsp3) is 0.364. The summed E-state index contributed by atoms with van der Waals surface area (Å²) < 4.78 is 12.3. The second kappa shape index (κ2) is 6.34.